The monoisotopic (exact) mass is 398 g/mol. The van der Waals surface area contributed by atoms with Crippen molar-refractivity contribution in [3.63, 3.8) is 0 Å². The molecule has 0 N–H and O–H groups in total. The van der Waals surface area contributed by atoms with Crippen LogP contribution in [0.5, 0.6) is 5.75 Å². The number of hydrogen-bond donors (Lipinski definition) is 0. The zero-order valence-corrected chi connectivity index (χ0v) is 15.5. The SMILES string of the molecule is O=C1CC=CC=COc2cccc(c2)N=CC2=c3c(ncnc3=NC2=O)N=CC=N1. The van der Waals surface area contributed by atoms with Crippen LogP contribution in [0.4, 0.5) is 11.5 Å². The lowest BCUT2D eigenvalue weighted by molar-refractivity contribution is -0.117. The molecule has 0 fully saturated rings. The fourth-order valence-electron chi connectivity index (χ4n) is 2.63. The van der Waals surface area contributed by atoms with Gasteiger partial charge in [0.25, 0.3) is 5.91 Å². The van der Waals surface area contributed by atoms with Crippen LogP contribution in [0.3, 0.4) is 0 Å². The summed E-state index contributed by atoms with van der Waals surface area (Å²) in [5.41, 5.74) is 1.02. The molecule has 2 aliphatic heterocycles. The topological polar surface area (TPSA) is 119 Å². The van der Waals surface area contributed by atoms with Crippen LogP contribution in [0.2, 0.25) is 0 Å². The van der Waals surface area contributed by atoms with Crippen LogP contribution in [0.25, 0.3) is 5.57 Å². The number of aliphatic imine (C=N–C) groups is 3. The van der Waals surface area contributed by atoms with Gasteiger partial charge in [-0.1, -0.05) is 18.2 Å². The lowest BCUT2D eigenvalue weighted by Crippen LogP contribution is -2.28. The fourth-order valence-corrected chi connectivity index (χ4v) is 2.63. The van der Waals surface area contributed by atoms with E-state index in [0.717, 1.165) is 0 Å². The van der Waals surface area contributed by atoms with Gasteiger partial charge in [0.15, 0.2) is 11.3 Å². The first-order valence-corrected chi connectivity index (χ1v) is 8.91. The summed E-state index contributed by atoms with van der Waals surface area (Å²) in [6.07, 6.45) is 11.9. The van der Waals surface area contributed by atoms with Crippen molar-refractivity contribution in [2.75, 3.05) is 0 Å². The molecular formula is C21H14N6O3. The minimum absolute atomic E-state index is 0.131. The van der Waals surface area contributed by atoms with Crippen molar-refractivity contribution in [1.82, 2.24) is 9.97 Å². The van der Waals surface area contributed by atoms with Gasteiger partial charge in [-0.25, -0.2) is 20.0 Å². The van der Waals surface area contributed by atoms with Gasteiger partial charge in [-0.05, 0) is 18.2 Å². The molecule has 0 saturated heterocycles. The van der Waals surface area contributed by atoms with E-state index in [-0.39, 0.29) is 29.2 Å². The second-order valence-electron chi connectivity index (χ2n) is 6.01. The average molecular weight is 398 g/mol. The number of benzene rings is 1. The zero-order valence-electron chi connectivity index (χ0n) is 15.5. The summed E-state index contributed by atoms with van der Waals surface area (Å²) in [7, 11) is 0. The number of carbonyl (C=O) groups is 2. The molecule has 30 heavy (non-hydrogen) atoms. The fraction of sp³-hybridized carbons (Fsp3) is 0.0476. The predicted molar refractivity (Wildman–Crippen MR) is 111 cm³/mol. The molecule has 9 nitrogen and oxygen atoms in total. The Hall–Kier alpha value is -4.40. The van der Waals surface area contributed by atoms with Crippen molar-refractivity contribution in [2.24, 2.45) is 20.0 Å². The van der Waals surface area contributed by atoms with Crippen molar-refractivity contribution >= 4 is 47.5 Å². The standard InChI is InChI=1S/C21H14N6O3/c28-17-7-2-1-3-10-30-15-6-4-5-14(11-15)24-12-16-18-19(23-9-8-22-17)25-13-26-20(18)27-21(16)29/h1-6,8-13H,7H2. The quantitative estimate of drug-likeness (QED) is 0.663. The van der Waals surface area contributed by atoms with Crippen molar-refractivity contribution in [2.45, 2.75) is 6.42 Å². The number of rotatable bonds is 0. The number of carbonyl (C=O) groups excluding carboxylic acids is 2. The number of allylic oxidation sites excluding steroid dienone is 2. The smallest absolute Gasteiger partial charge is 0.281 e. The Morgan fingerprint density at radius 3 is 2.80 bits per heavy atom. The minimum atomic E-state index is -0.484. The molecule has 2 bridgehead atoms. The summed E-state index contributed by atoms with van der Waals surface area (Å²) in [6, 6.07) is 7.04. The Balaban J connectivity index is 1.81. The number of aromatic nitrogens is 2. The highest BCUT2D eigenvalue weighted by atomic mass is 16.5. The van der Waals surface area contributed by atoms with Crippen molar-refractivity contribution in [3.8, 4) is 5.75 Å². The summed E-state index contributed by atoms with van der Waals surface area (Å²) in [4.78, 5) is 48.5. The Morgan fingerprint density at radius 2 is 1.87 bits per heavy atom. The van der Waals surface area contributed by atoms with E-state index in [1.165, 1.54) is 31.2 Å². The van der Waals surface area contributed by atoms with Gasteiger partial charge in [-0.3, -0.25) is 14.6 Å². The third-order valence-electron chi connectivity index (χ3n) is 3.98. The number of amides is 2. The Bertz CT molecular complexity index is 1290. The molecule has 0 aliphatic carbocycles. The van der Waals surface area contributed by atoms with Crippen LogP contribution in [0.15, 0.2) is 75.1 Å². The van der Waals surface area contributed by atoms with E-state index < -0.39 is 5.91 Å². The molecule has 3 heterocycles. The molecule has 1 aromatic heterocycles. The number of ether oxygens (including phenoxy) is 1. The first kappa shape index (κ1) is 18.9. The number of nitrogens with zero attached hydrogens (tertiary/aromatic N) is 6. The van der Waals surface area contributed by atoms with E-state index in [9.17, 15) is 9.59 Å². The molecule has 2 aromatic rings. The third kappa shape index (κ3) is 4.36. The maximum absolute atomic E-state index is 12.4. The van der Waals surface area contributed by atoms with Crippen LogP contribution in [-0.4, -0.2) is 40.4 Å². The van der Waals surface area contributed by atoms with E-state index in [0.29, 0.717) is 16.7 Å². The van der Waals surface area contributed by atoms with Gasteiger partial charge in [0, 0.05) is 31.1 Å². The normalized spacial score (nSPS) is 15.8. The highest BCUT2D eigenvalue weighted by Crippen LogP contribution is 2.20. The number of fused-ring (bicyclic) bond motifs is 2. The van der Waals surface area contributed by atoms with Crippen LogP contribution in [0, 0.1) is 0 Å². The van der Waals surface area contributed by atoms with Crippen molar-refractivity contribution in [3.05, 3.63) is 65.8 Å². The van der Waals surface area contributed by atoms with Gasteiger partial charge in [0.2, 0.25) is 5.91 Å². The minimum Gasteiger partial charge on any atom is -0.465 e. The molecule has 0 radical (unpaired) electrons. The average Bonchev–Trinajstić information content (AvgIpc) is 3.07. The lowest BCUT2D eigenvalue weighted by Gasteiger charge is -2.00. The Labute approximate surface area is 170 Å². The van der Waals surface area contributed by atoms with Crippen LogP contribution >= 0.6 is 0 Å². The van der Waals surface area contributed by atoms with Crippen LogP contribution in [-0.2, 0) is 9.59 Å². The number of hydrogen-bond acceptors (Lipinski definition) is 7. The van der Waals surface area contributed by atoms with Crippen molar-refractivity contribution < 1.29 is 14.3 Å². The molecular weight excluding hydrogens is 384 g/mol. The molecule has 0 atom stereocenters. The molecule has 9 heteroatoms. The summed E-state index contributed by atoms with van der Waals surface area (Å²) in [5, 5.41) is 0.374. The first-order valence-electron chi connectivity index (χ1n) is 8.91. The van der Waals surface area contributed by atoms with Gasteiger partial charge >= 0.3 is 0 Å². The molecule has 146 valence electrons. The second-order valence-corrected chi connectivity index (χ2v) is 6.01. The van der Waals surface area contributed by atoms with E-state index >= 15 is 0 Å². The van der Waals surface area contributed by atoms with Gasteiger partial charge < -0.3 is 4.74 Å². The summed E-state index contributed by atoms with van der Waals surface area (Å²) in [6.45, 7) is 0. The van der Waals surface area contributed by atoms with E-state index in [2.05, 4.69) is 29.9 Å². The summed E-state index contributed by atoms with van der Waals surface area (Å²) < 4.78 is 5.53. The molecule has 0 unspecified atom stereocenters. The second kappa shape index (κ2) is 8.74. The largest absolute Gasteiger partial charge is 0.465 e. The van der Waals surface area contributed by atoms with E-state index in [4.69, 9.17) is 4.74 Å². The zero-order chi connectivity index (χ0) is 20.8. The molecule has 1 aromatic carbocycles. The van der Waals surface area contributed by atoms with Gasteiger partial charge in [0.05, 0.1) is 22.7 Å². The molecule has 2 aliphatic rings. The maximum Gasteiger partial charge on any atom is 0.281 e. The van der Waals surface area contributed by atoms with E-state index in [1.54, 1.807) is 42.5 Å². The summed E-state index contributed by atoms with van der Waals surface area (Å²) >= 11 is 0. The first-order chi connectivity index (χ1) is 14.7. The van der Waals surface area contributed by atoms with E-state index in [1.807, 2.05) is 0 Å². The third-order valence-corrected chi connectivity index (χ3v) is 3.98. The van der Waals surface area contributed by atoms with Crippen LogP contribution < -0.4 is 15.4 Å². The van der Waals surface area contributed by atoms with Gasteiger partial charge in [0.1, 0.15) is 12.1 Å². The predicted octanol–water partition coefficient (Wildman–Crippen LogP) is 1.34. The van der Waals surface area contributed by atoms with Gasteiger partial charge in [-0.2, -0.15) is 4.99 Å². The molecule has 0 saturated carbocycles. The van der Waals surface area contributed by atoms with Crippen molar-refractivity contribution in [1.29, 1.82) is 0 Å². The molecule has 2 amide bonds. The van der Waals surface area contributed by atoms with Crippen LogP contribution in [0.1, 0.15) is 6.42 Å². The molecule has 0 spiro atoms. The lowest BCUT2D eigenvalue weighted by atomic mass is 10.2. The maximum atomic E-state index is 12.4. The highest BCUT2D eigenvalue weighted by molar-refractivity contribution is 6.36. The molecule has 4 rings (SSSR count). The van der Waals surface area contributed by atoms with Gasteiger partial charge in [-0.15, -0.1) is 0 Å². The highest BCUT2D eigenvalue weighted by Gasteiger charge is 2.18. The Morgan fingerprint density at radius 1 is 0.967 bits per heavy atom. The summed E-state index contributed by atoms with van der Waals surface area (Å²) in [5.74, 6) is -0.0274. The Kier molecular flexibility index (Phi) is 5.52.